The topological polar surface area (TPSA) is 82.8 Å². The zero-order valence-electron chi connectivity index (χ0n) is 16.4. The summed E-state index contributed by atoms with van der Waals surface area (Å²) in [4.78, 5) is 8.50. The van der Waals surface area contributed by atoms with E-state index in [-0.39, 0.29) is 35.8 Å². The van der Waals surface area contributed by atoms with Crippen molar-refractivity contribution in [1.82, 2.24) is 24.9 Å². The molecular weight excluding hydrogens is 467 g/mol. The highest BCUT2D eigenvalue weighted by molar-refractivity contribution is 14.0. The number of halogens is 1. The Hall–Kier alpha value is -0.880. The van der Waals surface area contributed by atoms with Crippen molar-refractivity contribution in [3.05, 3.63) is 18.0 Å². The third-order valence-electron chi connectivity index (χ3n) is 4.74. The summed E-state index contributed by atoms with van der Waals surface area (Å²) in [6.07, 6.45) is 3.87. The maximum absolute atomic E-state index is 12.2. The number of aryl methyl sites for hydroxylation is 1. The molecule has 2 rings (SSSR count). The van der Waals surface area contributed by atoms with Gasteiger partial charge in [0.1, 0.15) is 0 Å². The van der Waals surface area contributed by atoms with Crippen molar-refractivity contribution in [2.45, 2.75) is 24.6 Å². The van der Waals surface area contributed by atoms with Crippen molar-refractivity contribution >= 4 is 39.8 Å². The van der Waals surface area contributed by atoms with Crippen molar-refractivity contribution in [2.75, 3.05) is 46.5 Å². The van der Waals surface area contributed by atoms with Crippen LogP contribution in [0.5, 0.6) is 0 Å². The first-order chi connectivity index (χ1) is 11.6. The van der Waals surface area contributed by atoms with Crippen LogP contribution in [0.15, 0.2) is 17.4 Å². The second kappa shape index (κ2) is 8.87. The van der Waals surface area contributed by atoms with Crippen LogP contribution in [-0.4, -0.2) is 85.2 Å². The molecule has 1 fully saturated rings. The van der Waals surface area contributed by atoms with Gasteiger partial charge in [0.2, 0.25) is 0 Å². The van der Waals surface area contributed by atoms with Gasteiger partial charge < -0.3 is 15.1 Å². The highest BCUT2D eigenvalue weighted by Gasteiger charge is 2.41. The fourth-order valence-electron chi connectivity index (χ4n) is 3.06. The Morgan fingerprint density at radius 2 is 2.12 bits per heavy atom. The molecule has 0 saturated carbocycles. The van der Waals surface area contributed by atoms with Crippen molar-refractivity contribution < 1.29 is 8.42 Å². The minimum atomic E-state index is -3.06. The zero-order chi connectivity index (χ0) is 18.8. The third-order valence-corrected chi connectivity index (χ3v) is 7.27. The smallest absolute Gasteiger partial charge is 0.193 e. The fraction of sp³-hybridized carbons (Fsp3) is 0.750. The molecule has 1 N–H and O–H groups in total. The summed E-state index contributed by atoms with van der Waals surface area (Å²) < 4.78 is 25.4. The van der Waals surface area contributed by atoms with Gasteiger partial charge in [0.15, 0.2) is 15.8 Å². The average Bonchev–Trinajstić information content (AvgIpc) is 2.92. The van der Waals surface area contributed by atoms with Crippen LogP contribution >= 0.6 is 24.0 Å². The number of likely N-dealkylation sites (N-methyl/N-ethyl adjacent to an activating group) is 1. The molecule has 0 amide bonds. The monoisotopic (exact) mass is 498 g/mol. The zero-order valence-corrected chi connectivity index (χ0v) is 19.6. The number of sulfone groups is 1. The van der Waals surface area contributed by atoms with E-state index in [1.165, 1.54) is 0 Å². The number of aliphatic imine (C=N–C) groups is 1. The molecule has 0 spiro atoms. The Morgan fingerprint density at radius 3 is 2.58 bits per heavy atom. The van der Waals surface area contributed by atoms with Crippen LogP contribution in [0.4, 0.5) is 0 Å². The highest BCUT2D eigenvalue weighted by atomic mass is 127. The first-order valence-electron chi connectivity index (χ1n) is 8.40. The third kappa shape index (κ3) is 5.10. The van der Waals surface area contributed by atoms with Crippen molar-refractivity contribution in [2.24, 2.45) is 12.0 Å². The van der Waals surface area contributed by atoms with E-state index < -0.39 is 14.6 Å². The SMILES string of the molecule is CN=C(NCC(c1cnn(C)c1)N(C)C)N1CCS(=O)(=O)C(C)(C)C1.I. The quantitative estimate of drug-likeness (QED) is 0.375. The van der Waals surface area contributed by atoms with E-state index in [1.54, 1.807) is 25.6 Å². The molecule has 0 bridgehead atoms. The predicted octanol–water partition coefficient (Wildman–Crippen LogP) is 0.725. The standard InChI is InChI=1S/C16H30N6O2S.HI/c1-16(2)12-22(7-8-25(16,23)24)15(17-3)18-10-14(20(4)5)13-9-19-21(6)11-13;/h9,11,14H,7-8,10,12H2,1-6H3,(H,17,18);1H. The summed E-state index contributed by atoms with van der Waals surface area (Å²) in [7, 11) is 4.62. The van der Waals surface area contributed by atoms with Gasteiger partial charge in [0.25, 0.3) is 0 Å². The van der Waals surface area contributed by atoms with E-state index in [4.69, 9.17) is 0 Å². The van der Waals surface area contributed by atoms with Crippen LogP contribution in [0.25, 0.3) is 0 Å². The van der Waals surface area contributed by atoms with Gasteiger partial charge >= 0.3 is 0 Å². The fourth-order valence-corrected chi connectivity index (χ4v) is 4.42. The van der Waals surface area contributed by atoms with E-state index in [9.17, 15) is 8.42 Å². The van der Waals surface area contributed by atoms with Crippen molar-refractivity contribution in [3.63, 3.8) is 0 Å². The van der Waals surface area contributed by atoms with E-state index in [0.717, 1.165) is 11.5 Å². The molecule has 1 aromatic heterocycles. The van der Waals surface area contributed by atoms with Crippen LogP contribution in [0.1, 0.15) is 25.5 Å². The lowest BCUT2D eigenvalue weighted by Gasteiger charge is -2.39. The number of aromatic nitrogens is 2. The molecular formula is C16H31IN6O2S. The molecule has 1 unspecified atom stereocenters. The molecule has 150 valence electrons. The van der Waals surface area contributed by atoms with Gasteiger partial charge in [0.05, 0.1) is 22.7 Å². The molecule has 1 aliphatic heterocycles. The number of hydrogen-bond donors (Lipinski definition) is 1. The number of rotatable bonds is 4. The Bertz CT molecular complexity index is 729. The Morgan fingerprint density at radius 1 is 1.46 bits per heavy atom. The molecule has 0 aliphatic carbocycles. The minimum absolute atomic E-state index is 0. The van der Waals surface area contributed by atoms with Gasteiger partial charge in [-0.2, -0.15) is 5.10 Å². The van der Waals surface area contributed by atoms with Gasteiger partial charge in [-0.15, -0.1) is 24.0 Å². The summed E-state index contributed by atoms with van der Waals surface area (Å²) in [5, 5.41) is 7.64. The molecule has 1 aliphatic rings. The Balaban J connectivity index is 0.00000338. The Labute approximate surface area is 174 Å². The van der Waals surface area contributed by atoms with Crippen LogP contribution in [0, 0.1) is 0 Å². The molecule has 0 aromatic carbocycles. The van der Waals surface area contributed by atoms with E-state index in [1.807, 2.05) is 38.4 Å². The molecule has 1 atom stereocenters. The second-order valence-electron chi connectivity index (χ2n) is 7.35. The Kier molecular flexibility index (Phi) is 7.90. The van der Waals surface area contributed by atoms with E-state index >= 15 is 0 Å². The number of nitrogens with zero attached hydrogens (tertiary/aromatic N) is 5. The first-order valence-corrected chi connectivity index (χ1v) is 10.1. The lowest BCUT2D eigenvalue weighted by molar-refractivity contribution is 0.291. The van der Waals surface area contributed by atoms with Gasteiger partial charge in [-0.1, -0.05) is 0 Å². The van der Waals surface area contributed by atoms with Gasteiger partial charge in [-0.25, -0.2) is 8.42 Å². The van der Waals surface area contributed by atoms with Crippen LogP contribution in [-0.2, 0) is 16.9 Å². The molecule has 1 saturated heterocycles. The van der Waals surface area contributed by atoms with Crippen LogP contribution in [0.3, 0.4) is 0 Å². The average molecular weight is 498 g/mol. The maximum Gasteiger partial charge on any atom is 0.193 e. The first kappa shape index (κ1) is 23.2. The molecule has 8 nitrogen and oxygen atoms in total. The molecule has 26 heavy (non-hydrogen) atoms. The van der Waals surface area contributed by atoms with Gasteiger partial charge in [-0.3, -0.25) is 9.67 Å². The highest BCUT2D eigenvalue weighted by Crippen LogP contribution is 2.24. The number of nitrogens with one attached hydrogen (secondary N) is 1. The molecule has 1 aromatic rings. The lowest BCUT2D eigenvalue weighted by atomic mass is 10.1. The summed E-state index contributed by atoms with van der Waals surface area (Å²) >= 11 is 0. The maximum atomic E-state index is 12.2. The summed E-state index contributed by atoms with van der Waals surface area (Å²) in [5.74, 6) is 0.888. The summed E-state index contributed by atoms with van der Waals surface area (Å²) in [5.41, 5.74) is 1.12. The van der Waals surface area contributed by atoms with Crippen LogP contribution in [0.2, 0.25) is 0 Å². The minimum Gasteiger partial charge on any atom is -0.354 e. The number of hydrogen-bond acceptors (Lipinski definition) is 5. The number of guanidine groups is 1. The van der Waals surface area contributed by atoms with E-state index in [0.29, 0.717) is 19.6 Å². The largest absolute Gasteiger partial charge is 0.354 e. The van der Waals surface area contributed by atoms with Crippen molar-refractivity contribution in [3.8, 4) is 0 Å². The van der Waals surface area contributed by atoms with Gasteiger partial charge in [0, 0.05) is 45.5 Å². The van der Waals surface area contributed by atoms with Crippen molar-refractivity contribution in [1.29, 1.82) is 0 Å². The van der Waals surface area contributed by atoms with E-state index in [2.05, 4.69) is 20.3 Å². The van der Waals surface area contributed by atoms with Gasteiger partial charge in [-0.05, 0) is 27.9 Å². The second-order valence-corrected chi connectivity index (χ2v) is 10.1. The predicted molar refractivity (Wildman–Crippen MR) is 116 cm³/mol. The van der Waals surface area contributed by atoms with Crippen LogP contribution < -0.4 is 5.32 Å². The molecule has 2 heterocycles. The normalized spacial score (nSPS) is 20.6. The molecule has 0 radical (unpaired) electrons. The lowest BCUT2D eigenvalue weighted by Crippen LogP contribution is -2.57. The molecule has 10 heteroatoms. The summed E-state index contributed by atoms with van der Waals surface area (Å²) in [6.45, 7) is 5.12. The summed E-state index contributed by atoms with van der Waals surface area (Å²) in [6, 6.07) is 0.145.